The second-order valence-corrected chi connectivity index (χ2v) is 6.04. The fourth-order valence-electron chi connectivity index (χ4n) is 3.22. The van der Waals surface area contributed by atoms with Crippen molar-refractivity contribution in [2.45, 2.75) is 64.5 Å². The van der Waals surface area contributed by atoms with Crippen molar-refractivity contribution in [3.63, 3.8) is 0 Å². The lowest BCUT2D eigenvalue weighted by atomic mass is 9.88. The quantitative estimate of drug-likeness (QED) is 0.721. The molecular formula is C19H29N. The van der Waals surface area contributed by atoms with Gasteiger partial charge in [-0.1, -0.05) is 62.2 Å². The van der Waals surface area contributed by atoms with Crippen molar-refractivity contribution in [2.75, 3.05) is 0 Å². The summed E-state index contributed by atoms with van der Waals surface area (Å²) in [7, 11) is 0. The third-order valence-corrected chi connectivity index (χ3v) is 4.51. The molecule has 1 aliphatic carbocycles. The molecule has 0 aromatic heterocycles. The smallest absolute Gasteiger partial charge is 0.0294 e. The van der Waals surface area contributed by atoms with Crippen LogP contribution in [0.25, 0.3) is 0 Å². The van der Waals surface area contributed by atoms with Gasteiger partial charge in [0.25, 0.3) is 0 Å². The zero-order valence-corrected chi connectivity index (χ0v) is 13.0. The Kier molecular flexibility index (Phi) is 6.32. The van der Waals surface area contributed by atoms with E-state index in [9.17, 15) is 0 Å². The summed E-state index contributed by atoms with van der Waals surface area (Å²) in [6.07, 6.45) is 12.8. The Morgan fingerprint density at radius 1 is 1.15 bits per heavy atom. The highest BCUT2D eigenvalue weighted by Gasteiger charge is 2.20. The highest BCUT2D eigenvalue weighted by atomic mass is 14.9. The fourth-order valence-corrected chi connectivity index (χ4v) is 3.22. The molecule has 1 nitrogen and oxygen atoms in total. The zero-order chi connectivity index (χ0) is 14.2. The first-order valence-electron chi connectivity index (χ1n) is 8.29. The van der Waals surface area contributed by atoms with Crippen LogP contribution in [-0.4, -0.2) is 6.04 Å². The Balaban J connectivity index is 1.98. The summed E-state index contributed by atoms with van der Waals surface area (Å²) in [6, 6.07) is 11.8. The molecule has 0 heterocycles. The van der Waals surface area contributed by atoms with E-state index in [2.05, 4.69) is 61.6 Å². The van der Waals surface area contributed by atoms with E-state index in [1.807, 2.05) is 0 Å². The van der Waals surface area contributed by atoms with Crippen LogP contribution in [0.15, 0.2) is 42.5 Å². The summed E-state index contributed by atoms with van der Waals surface area (Å²) in [6.45, 7) is 4.59. The van der Waals surface area contributed by atoms with Crippen LogP contribution in [-0.2, 0) is 0 Å². The predicted molar refractivity (Wildman–Crippen MR) is 87.8 cm³/mol. The van der Waals surface area contributed by atoms with Crippen LogP contribution in [0, 0.1) is 5.92 Å². The maximum atomic E-state index is 3.85. The minimum atomic E-state index is 0.431. The van der Waals surface area contributed by atoms with E-state index in [1.54, 1.807) is 0 Å². The number of allylic oxidation sites excluding steroid dienone is 1. The van der Waals surface area contributed by atoms with Crippen molar-refractivity contribution < 1.29 is 0 Å². The van der Waals surface area contributed by atoms with Crippen LogP contribution in [0.4, 0.5) is 0 Å². The van der Waals surface area contributed by atoms with E-state index >= 15 is 0 Å². The fraction of sp³-hybridized carbons (Fsp3) is 0.579. The van der Waals surface area contributed by atoms with Crippen molar-refractivity contribution in [1.82, 2.24) is 5.32 Å². The number of rotatable bonds is 5. The third-order valence-electron chi connectivity index (χ3n) is 4.51. The number of hydrogen-bond acceptors (Lipinski definition) is 1. The van der Waals surface area contributed by atoms with Gasteiger partial charge in [0.1, 0.15) is 0 Å². The second kappa shape index (κ2) is 8.26. The molecule has 0 radical (unpaired) electrons. The van der Waals surface area contributed by atoms with Crippen molar-refractivity contribution in [3.05, 3.63) is 48.0 Å². The molecule has 1 aliphatic rings. The van der Waals surface area contributed by atoms with Gasteiger partial charge in [0, 0.05) is 12.1 Å². The minimum absolute atomic E-state index is 0.431. The van der Waals surface area contributed by atoms with Gasteiger partial charge in [-0.3, -0.25) is 0 Å². The monoisotopic (exact) mass is 271 g/mol. The number of nitrogens with one attached hydrogen (secondary N) is 1. The average Bonchev–Trinajstić information content (AvgIpc) is 2.46. The average molecular weight is 271 g/mol. The number of benzene rings is 1. The van der Waals surface area contributed by atoms with Crippen molar-refractivity contribution in [2.24, 2.45) is 5.92 Å². The molecule has 0 fully saturated rings. The minimum Gasteiger partial charge on any atom is -0.307 e. The van der Waals surface area contributed by atoms with Gasteiger partial charge in [0.15, 0.2) is 0 Å². The molecule has 110 valence electrons. The molecule has 1 aromatic carbocycles. The van der Waals surface area contributed by atoms with Gasteiger partial charge in [0.2, 0.25) is 0 Å². The summed E-state index contributed by atoms with van der Waals surface area (Å²) in [4.78, 5) is 0. The molecule has 3 unspecified atom stereocenters. The summed E-state index contributed by atoms with van der Waals surface area (Å²) in [5.74, 6) is 0.700. The molecule has 0 amide bonds. The molecule has 0 bridgehead atoms. The lowest BCUT2D eigenvalue weighted by molar-refractivity contribution is 0.338. The Morgan fingerprint density at radius 2 is 1.95 bits per heavy atom. The summed E-state index contributed by atoms with van der Waals surface area (Å²) in [5.41, 5.74) is 1.39. The van der Waals surface area contributed by atoms with E-state index in [4.69, 9.17) is 0 Å². The van der Waals surface area contributed by atoms with Crippen LogP contribution in [0.1, 0.15) is 64.0 Å². The van der Waals surface area contributed by atoms with E-state index in [0.29, 0.717) is 18.0 Å². The van der Waals surface area contributed by atoms with E-state index < -0.39 is 0 Å². The van der Waals surface area contributed by atoms with E-state index in [-0.39, 0.29) is 0 Å². The zero-order valence-electron chi connectivity index (χ0n) is 13.0. The Labute approximate surface area is 124 Å². The lowest BCUT2D eigenvalue weighted by Gasteiger charge is -2.29. The van der Waals surface area contributed by atoms with Gasteiger partial charge in [0.05, 0.1) is 0 Å². The Morgan fingerprint density at radius 3 is 2.70 bits per heavy atom. The summed E-state index contributed by atoms with van der Waals surface area (Å²) < 4.78 is 0. The van der Waals surface area contributed by atoms with Gasteiger partial charge >= 0.3 is 0 Å². The third kappa shape index (κ3) is 4.49. The summed E-state index contributed by atoms with van der Waals surface area (Å²) >= 11 is 0. The largest absolute Gasteiger partial charge is 0.307 e. The SMILES string of the molecule is CCC(NC(C)c1ccccc1)C1/C=C\CCCCC1. The molecule has 1 N–H and O–H groups in total. The molecule has 1 aromatic rings. The first kappa shape index (κ1) is 15.3. The van der Waals surface area contributed by atoms with Crippen molar-refractivity contribution in [1.29, 1.82) is 0 Å². The molecular weight excluding hydrogens is 242 g/mol. The highest BCUT2D eigenvalue weighted by molar-refractivity contribution is 5.18. The maximum Gasteiger partial charge on any atom is 0.0294 e. The molecule has 0 saturated heterocycles. The first-order valence-corrected chi connectivity index (χ1v) is 8.29. The molecule has 0 spiro atoms. The first-order chi connectivity index (χ1) is 9.81. The Hall–Kier alpha value is -1.08. The van der Waals surface area contributed by atoms with Gasteiger partial charge < -0.3 is 5.32 Å². The highest BCUT2D eigenvalue weighted by Crippen LogP contribution is 2.24. The summed E-state index contributed by atoms with van der Waals surface area (Å²) in [5, 5.41) is 3.85. The molecule has 3 atom stereocenters. The Bertz CT molecular complexity index is 395. The molecule has 0 saturated carbocycles. The number of hydrogen-bond donors (Lipinski definition) is 1. The van der Waals surface area contributed by atoms with Crippen LogP contribution < -0.4 is 5.32 Å². The maximum absolute atomic E-state index is 3.85. The van der Waals surface area contributed by atoms with Crippen LogP contribution in [0.3, 0.4) is 0 Å². The van der Waals surface area contributed by atoms with Crippen molar-refractivity contribution in [3.8, 4) is 0 Å². The van der Waals surface area contributed by atoms with Crippen molar-refractivity contribution >= 4 is 0 Å². The topological polar surface area (TPSA) is 12.0 Å². The standard InChI is InChI=1S/C19H29N/c1-3-19(18-14-8-5-4-6-9-15-18)20-16(2)17-12-10-7-11-13-17/h7-8,10-14,16,18-20H,3-6,9,15H2,1-2H3/b14-8-. The van der Waals surface area contributed by atoms with Gasteiger partial charge in [-0.05, 0) is 44.1 Å². The normalized spacial score (nSPS) is 24.4. The van der Waals surface area contributed by atoms with Gasteiger partial charge in [-0.25, -0.2) is 0 Å². The molecule has 0 aliphatic heterocycles. The second-order valence-electron chi connectivity index (χ2n) is 6.04. The lowest BCUT2D eigenvalue weighted by Crippen LogP contribution is -2.37. The van der Waals surface area contributed by atoms with Gasteiger partial charge in [-0.15, -0.1) is 0 Å². The predicted octanol–water partition coefficient (Wildman–Crippen LogP) is 5.25. The van der Waals surface area contributed by atoms with Crippen LogP contribution in [0.5, 0.6) is 0 Å². The van der Waals surface area contributed by atoms with E-state index in [1.165, 1.54) is 44.1 Å². The molecule has 20 heavy (non-hydrogen) atoms. The van der Waals surface area contributed by atoms with Crippen LogP contribution in [0.2, 0.25) is 0 Å². The molecule has 1 heteroatoms. The van der Waals surface area contributed by atoms with Gasteiger partial charge in [-0.2, -0.15) is 0 Å². The van der Waals surface area contributed by atoms with Crippen LogP contribution >= 0.6 is 0 Å². The van der Waals surface area contributed by atoms with E-state index in [0.717, 1.165) is 0 Å². The molecule has 2 rings (SSSR count).